The van der Waals surface area contributed by atoms with Crippen LogP contribution in [0.5, 0.6) is 0 Å². The Kier molecular flexibility index (Phi) is 3.66. The summed E-state index contributed by atoms with van der Waals surface area (Å²) < 4.78 is 37.8. The molecule has 0 radical (unpaired) electrons. The van der Waals surface area contributed by atoms with Gasteiger partial charge in [-0.05, 0) is 13.8 Å². The van der Waals surface area contributed by atoms with Crippen LogP contribution >= 0.6 is 11.3 Å². The molecule has 1 amide bonds. The smallest absolute Gasteiger partial charge is 0.295 e. The number of aryl methyl sites for hydroxylation is 2. The number of carbonyl (C=O) groups is 1. The van der Waals surface area contributed by atoms with Gasteiger partial charge < -0.3 is 0 Å². The van der Waals surface area contributed by atoms with Crippen LogP contribution in [-0.4, -0.2) is 26.1 Å². The van der Waals surface area contributed by atoms with Gasteiger partial charge in [0.15, 0.2) is 0 Å². The number of nitrogens with zero attached hydrogens (tertiary/aromatic N) is 4. The molecule has 0 aliphatic rings. The van der Waals surface area contributed by atoms with Gasteiger partial charge in [0, 0.05) is 6.07 Å². The molecule has 2 heterocycles. The number of halogens is 3. The fourth-order valence-electron chi connectivity index (χ4n) is 1.34. The first kappa shape index (κ1) is 14.3. The number of rotatable bonds is 2. The topological polar surface area (TPSA) is 80.7 Å². The molecule has 2 aromatic heterocycles. The number of hydrogen-bond acceptors (Lipinski definition) is 6. The average Bonchev–Trinajstić information content (AvgIpc) is 2.72. The van der Waals surface area contributed by atoms with Crippen molar-refractivity contribution in [3.63, 3.8) is 0 Å². The molecule has 0 aliphatic carbocycles. The standard InChI is InChI=1S/C10H8F3N5OS/c1-4-14-6(3-7(15-4)10(11,12)13)8(19)16-9-18-17-5(2)20-9/h3H,1-2H3,(H,16,18,19). The van der Waals surface area contributed by atoms with Crippen LogP contribution < -0.4 is 5.32 Å². The largest absolute Gasteiger partial charge is 0.433 e. The molecule has 1 N–H and O–H groups in total. The van der Waals surface area contributed by atoms with Crippen LogP contribution in [0.3, 0.4) is 0 Å². The molecule has 2 aromatic rings. The third kappa shape index (κ3) is 3.26. The van der Waals surface area contributed by atoms with E-state index in [0.29, 0.717) is 11.1 Å². The highest BCUT2D eigenvalue weighted by Crippen LogP contribution is 2.28. The lowest BCUT2D eigenvalue weighted by molar-refractivity contribution is -0.141. The minimum absolute atomic E-state index is 0.140. The summed E-state index contributed by atoms with van der Waals surface area (Å²) in [6.45, 7) is 2.96. The Balaban J connectivity index is 2.28. The minimum atomic E-state index is -4.64. The van der Waals surface area contributed by atoms with Crippen molar-refractivity contribution < 1.29 is 18.0 Å². The maximum Gasteiger partial charge on any atom is 0.433 e. The van der Waals surface area contributed by atoms with Crippen molar-refractivity contribution in [3.05, 3.63) is 28.3 Å². The fourth-order valence-corrected chi connectivity index (χ4v) is 1.92. The molecule has 0 saturated heterocycles. The summed E-state index contributed by atoms with van der Waals surface area (Å²) in [5.74, 6) is -0.935. The maximum atomic E-state index is 12.6. The second-order valence-electron chi connectivity index (χ2n) is 3.76. The van der Waals surface area contributed by atoms with Crippen molar-refractivity contribution >= 4 is 22.4 Å². The Hall–Kier alpha value is -2.10. The molecule has 0 fully saturated rings. The molecule has 0 unspecified atom stereocenters. The molecule has 106 valence electrons. The lowest BCUT2D eigenvalue weighted by atomic mass is 10.3. The summed E-state index contributed by atoms with van der Waals surface area (Å²) in [6, 6.07) is 0.593. The van der Waals surface area contributed by atoms with E-state index in [1.54, 1.807) is 6.92 Å². The summed E-state index contributed by atoms with van der Waals surface area (Å²) in [6.07, 6.45) is -4.64. The Morgan fingerprint density at radius 3 is 2.50 bits per heavy atom. The van der Waals surface area contributed by atoms with Gasteiger partial charge in [-0.15, -0.1) is 10.2 Å². The lowest BCUT2D eigenvalue weighted by Crippen LogP contribution is -2.18. The van der Waals surface area contributed by atoms with Crippen LogP contribution in [0, 0.1) is 13.8 Å². The first-order valence-corrected chi connectivity index (χ1v) is 6.11. The van der Waals surface area contributed by atoms with E-state index < -0.39 is 17.8 Å². The molecule has 0 spiro atoms. The van der Waals surface area contributed by atoms with Crippen molar-refractivity contribution in [2.45, 2.75) is 20.0 Å². The number of hydrogen-bond donors (Lipinski definition) is 1. The molecule has 0 aromatic carbocycles. The average molecular weight is 303 g/mol. The predicted molar refractivity (Wildman–Crippen MR) is 64.4 cm³/mol. The van der Waals surface area contributed by atoms with E-state index in [0.717, 1.165) is 11.3 Å². The number of nitrogens with one attached hydrogen (secondary N) is 1. The Labute approximate surface area is 115 Å². The summed E-state index contributed by atoms with van der Waals surface area (Å²) in [5, 5.41) is 10.5. The number of amides is 1. The van der Waals surface area contributed by atoms with Crippen LogP contribution in [0.4, 0.5) is 18.3 Å². The SMILES string of the molecule is Cc1nc(C(=O)Nc2nnc(C)s2)cc(C(F)(F)F)n1. The third-order valence-corrected chi connectivity index (χ3v) is 2.86. The van der Waals surface area contributed by atoms with Gasteiger partial charge in [-0.2, -0.15) is 13.2 Å². The third-order valence-electron chi connectivity index (χ3n) is 2.11. The monoisotopic (exact) mass is 303 g/mol. The Bertz CT molecular complexity index is 655. The first-order chi connectivity index (χ1) is 9.25. The van der Waals surface area contributed by atoms with Crippen molar-refractivity contribution in [1.82, 2.24) is 20.2 Å². The quantitative estimate of drug-likeness (QED) is 0.920. The van der Waals surface area contributed by atoms with Crippen molar-refractivity contribution in [2.75, 3.05) is 5.32 Å². The van der Waals surface area contributed by atoms with Gasteiger partial charge >= 0.3 is 6.18 Å². The van der Waals surface area contributed by atoms with E-state index in [-0.39, 0.29) is 16.6 Å². The summed E-state index contributed by atoms with van der Waals surface area (Å²) in [4.78, 5) is 18.8. The second kappa shape index (κ2) is 5.12. The molecule has 0 atom stereocenters. The number of carbonyl (C=O) groups excluding carboxylic acids is 1. The molecule has 0 bridgehead atoms. The van der Waals surface area contributed by atoms with E-state index in [2.05, 4.69) is 25.5 Å². The highest BCUT2D eigenvalue weighted by Gasteiger charge is 2.34. The van der Waals surface area contributed by atoms with Crippen LogP contribution in [0.2, 0.25) is 0 Å². The van der Waals surface area contributed by atoms with Gasteiger partial charge in [-0.1, -0.05) is 11.3 Å². The van der Waals surface area contributed by atoms with Gasteiger partial charge in [0.2, 0.25) is 5.13 Å². The maximum absolute atomic E-state index is 12.6. The number of aromatic nitrogens is 4. The Morgan fingerprint density at radius 2 is 1.95 bits per heavy atom. The number of alkyl halides is 3. The first-order valence-electron chi connectivity index (χ1n) is 5.30. The fraction of sp³-hybridized carbons (Fsp3) is 0.300. The zero-order valence-electron chi connectivity index (χ0n) is 10.3. The second-order valence-corrected chi connectivity index (χ2v) is 4.95. The van der Waals surface area contributed by atoms with Gasteiger partial charge in [0.05, 0.1) is 0 Å². The molecule has 10 heteroatoms. The summed E-state index contributed by atoms with van der Waals surface area (Å²) >= 11 is 1.10. The van der Waals surface area contributed by atoms with Gasteiger partial charge in [-0.25, -0.2) is 9.97 Å². The molecule has 2 rings (SSSR count). The van der Waals surface area contributed by atoms with E-state index in [1.807, 2.05) is 0 Å². The lowest BCUT2D eigenvalue weighted by Gasteiger charge is -2.08. The van der Waals surface area contributed by atoms with E-state index in [1.165, 1.54) is 6.92 Å². The molecule has 20 heavy (non-hydrogen) atoms. The zero-order chi connectivity index (χ0) is 14.9. The van der Waals surface area contributed by atoms with Crippen LogP contribution in [-0.2, 0) is 6.18 Å². The van der Waals surface area contributed by atoms with Crippen molar-refractivity contribution in [1.29, 1.82) is 0 Å². The van der Waals surface area contributed by atoms with Crippen LogP contribution in [0.25, 0.3) is 0 Å². The van der Waals surface area contributed by atoms with Crippen LogP contribution in [0.15, 0.2) is 6.07 Å². The number of anilines is 1. The summed E-state index contributed by atoms with van der Waals surface area (Å²) in [7, 11) is 0. The summed E-state index contributed by atoms with van der Waals surface area (Å²) in [5.41, 5.74) is -1.54. The minimum Gasteiger partial charge on any atom is -0.295 e. The van der Waals surface area contributed by atoms with E-state index in [9.17, 15) is 18.0 Å². The highest BCUT2D eigenvalue weighted by atomic mass is 32.1. The molecule has 0 aliphatic heterocycles. The normalized spacial score (nSPS) is 11.4. The van der Waals surface area contributed by atoms with E-state index >= 15 is 0 Å². The molecular formula is C10H8F3N5OS. The highest BCUT2D eigenvalue weighted by molar-refractivity contribution is 7.15. The molecule has 6 nitrogen and oxygen atoms in total. The van der Waals surface area contributed by atoms with Gasteiger partial charge in [0.25, 0.3) is 5.91 Å². The van der Waals surface area contributed by atoms with Gasteiger partial charge in [0.1, 0.15) is 22.2 Å². The molecular weight excluding hydrogens is 295 g/mol. The Morgan fingerprint density at radius 1 is 1.25 bits per heavy atom. The predicted octanol–water partition coefficient (Wildman–Crippen LogP) is 2.22. The molecule has 0 saturated carbocycles. The van der Waals surface area contributed by atoms with Crippen molar-refractivity contribution in [3.8, 4) is 0 Å². The van der Waals surface area contributed by atoms with Crippen molar-refractivity contribution in [2.24, 2.45) is 0 Å². The van der Waals surface area contributed by atoms with E-state index in [4.69, 9.17) is 0 Å². The zero-order valence-corrected chi connectivity index (χ0v) is 11.1. The van der Waals surface area contributed by atoms with Gasteiger partial charge in [-0.3, -0.25) is 10.1 Å². The van der Waals surface area contributed by atoms with Crippen LogP contribution in [0.1, 0.15) is 27.0 Å².